The van der Waals surface area contributed by atoms with Gasteiger partial charge in [0.05, 0.1) is 10.9 Å². The van der Waals surface area contributed by atoms with Crippen molar-refractivity contribution in [2.45, 2.75) is 33.1 Å². The molecule has 3 nitrogen and oxygen atoms in total. The van der Waals surface area contributed by atoms with Crippen molar-refractivity contribution >= 4 is 23.1 Å². The van der Waals surface area contributed by atoms with Gasteiger partial charge in [-0.2, -0.15) is 0 Å². The third-order valence-electron chi connectivity index (χ3n) is 3.03. The monoisotopic (exact) mass is 278 g/mol. The van der Waals surface area contributed by atoms with Crippen molar-refractivity contribution in [3.63, 3.8) is 0 Å². The van der Waals surface area contributed by atoms with E-state index in [0.717, 1.165) is 12.8 Å². The standard InChI is InChI=1S/C15H22N2OS/c1-3-5-13(14(16)19)15(18)17-9-8-12-7-4-6-11(2)10-12/h4,6-7,10,13H,3,5,8-9H2,1-2H3,(H2,16,19)(H,17,18). The second kappa shape index (κ2) is 7.89. The van der Waals surface area contributed by atoms with Crippen molar-refractivity contribution in [1.82, 2.24) is 5.32 Å². The van der Waals surface area contributed by atoms with Crippen LogP contribution in [0.15, 0.2) is 24.3 Å². The highest BCUT2D eigenvalue weighted by Gasteiger charge is 2.19. The first-order chi connectivity index (χ1) is 9.04. The molecule has 4 heteroatoms. The molecule has 0 aliphatic rings. The summed E-state index contributed by atoms with van der Waals surface area (Å²) >= 11 is 4.94. The van der Waals surface area contributed by atoms with E-state index >= 15 is 0 Å². The minimum absolute atomic E-state index is 0.0537. The maximum atomic E-state index is 12.0. The van der Waals surface area contributed by atoms with Crippen LogP contribution in [0.25, 0.3) is 0 Å². The largest absolute Gasteiger partial charge is 0.393 e. The molecule has 1 aromatic carbocycles. The number of nitrogens with one attached hydrogen (secondary N) is 1. The van der Waals surface area contributed by atoms with Crippen molar-refractivity contribution in [1.29, 1.82) is 0 Å². The zero-order valence-electron chi connectivity index (χ0n) is 11.6. The Balaban J connectivity index is 2.43. The van der Waals surface area contributed by atoms with Crippen LogP contribution in [0.5, 0.6) is 0 Å². The first-order valence-corrected chi connectivity index (χ1v) is 7.08. The summed E-state index contributed by atoms with van der Waals surface area (Å²) < 4.78 is 0. The molecule has 0 fully saturated rings. The normalized spacial score (nSPS) is 11.9. The Morgan fingerprint density at radius 1 is 1.47 bits per heavy atom. The molecule has 1 unspecified atom stereocenters. The number of carbonyl (C=O) groups excluding carboxylic acids is 1. The van der Waals surface area contributed by atoms with Crippen LogP contribution in [0.1, 0.15) is 30.9 Å². The van der Waals surface area contributed by atoms with Crippen LogP contribution in [0.3, 0.4) is 0 Å². The first-order valence-electron chi connectivity index (χ1n) is 6.67. The summed E-state index contributed by atoms with van der Waals surface area (Å²) in [5, 5.41) is 2.91. The Bertz CT molecular complexity index is 446. The lowest BCUT2D eigenvalue weighted by Crippen LogP contribution is -2.38. The third kappa shape index (κ3) is 5.39. The summed E-state index contributed by atoms with van der Waals surface area (Å²) in [5.74, 6) is -0.389. The highest BCUT2D eigenvalue weighted by atomic mass is 32.1. The zero-order chi connectivity index (χ0) is 14.3. The molecule has 0 aromatic heterocycles. The molecule has 1 rings (SSSR count). The van der Waals surface area contributed by atoms with Crippen LogP contribution in [0, 0.1) is 12.8 Å². The summed E-state index contributed by atoms with van der Waals surface area (Å²) in [6.07, 6.45) is 2.43. The highest BCUT2D eigenvalue weighted by Crippen LogP contribution is 2.08. The van der Waals surface area contributed by atoms with E-state index in [1.807, 2.05) is 13.0 Å². The van der Waals surface area contributed by atoms with Gasteiger partial charge < -0.3 is 11.1 Å². The van der Waals surface area contributed by atoms with Crippen molar-refractivity contribution in [3.8, 4) is 0 Å². The molecule has 0 aliphatic heterocycles. The predicted octanol–water partition coefficient (Wildman–Crippen LogP) is 2.36. The molecule has 0 aliphatic carbocycles. The van der Waals surface area contributed by atoms with Crippen molar-refractivity contribution < 1.29 is 4.79 Å². The molecule has 0 bridgehead atoms. The van der Waals surface area contributed by atoms with Crippen molar-refractivity contribution in [2.24, 2.45) is 11.7 Å². The van der Waals surface area contributed by atoms with Gasteiger partial charge in [-0.1, -0.05) is 55.4 Å². The molecular weight excluding hydrogens is 256 g/mol. The summed E-state index contributed by atoms with van der Waals surface area (Å²) in [6.45, 7) is 4.70. The topological polar surface area (TPSA) is 55.1 Å². The molecule has 0 heterocycles. The van der Waals surface area contributed by atoms with Crippen LogP contribution >= 0.6 is 12.2 Å². The number of hydrogen-bond donors (Lipinski definition) is 2. The fourth-order valence-electron chi connectivity index (χ4n) is 2.01. The fourth-order valence-corrected chi connectivity index (χ4v) is 2.24. The van der Waals surface area contributed by atoms with Crippen LogP contribution in [-0.2, 0) is 11.2 Å². The van der Waals surface area contributed by atoms with Crippen LogP contribution in [0.2, 0.25) is 0 Å². The summed E-state index contributed by atoms with van der Waals surface area (Å²) in [5.41, 5.74) is 8.05. The van der Waals surface area contributed by atoms with E-state index in [1.165, 1.54) is 11.1 Å². The maximum Gasteiger partial charge on any atom is 0.229 e. The van der Waals surface area contributed by atoms with E-state index in [2.05, 4.69) is 30.4 Å². The molecule has 19 heavy (non-hydrogen) atoms. The first kappa shape index (κ1) is 15.6. The molecule has 1 aromatic rings. The van der Waals surface area contributed by atoms with Crippen LogP contribution < -0.4 is 11.1 Å². The maximum absolute atomic E-state index is 12.0. The van der Waals surface area contributed by atoms with E-state index in [-0.39, 0.29) is 16.8 Å². The lowest BCUT2D eigenvalue weighted by molar-refractivity contribution is -0.123. The second-order valence-electron chi connectivity index (χ2n) is 4.77. The second-order valence-corrected chi connectivity index (χ2v) is 5.25. The Hall–Kier alpha value is -1.42. The number of amides is 1. The van der Waals surface area contributed by atoms with Crippen LogP contribution in [0.4, 0.5) is 0 Å². The van der Waals surface area contributed by atoms with E-state index in [4.69, 9.17) is 18.0 Å². The van der Waals surface area contributed by atoms with Crippen molar-refractivity contribution in [3.05, 3.63) is 35.4 Å². The number of carbonyl (C=O) groups is 1. The minimum atomic E-state index is -0.336. The van der Waals surface area contributed by atoms with Gasteiger partial charge in [0, 0.05) is 6.54 Å². The van der Waals surface area contributed by atoms with E-state index in [0.29, 0.717) is 13.0 Å². The fraction of sp³-hybridized carbons (Fsp3) is 0.467. The Morgan fingerprint density at radius 2 is 2.21 bits per heavy atom. The molecule has 3 N–H and O–H groups in total. The number of rotatable bonds is 7. The Labute approximate surface area is 120 Å². The lowest BCUT2D eigenvalue weighted by atomic mass is 10.0. The van der Waals surface area contributed by atoms with Crippen LogP contribution in [-0.4, -0.2) is 17.4 Å². The van der Waals surface area contributed by atoms with E-state index in [9.17, 15) is 4.79 Å². The molecular formula is C15H22N2OS. The van der Waals surface area contributed by atoms with E-state index in [1.54, 1.807) is 0 Å². The number of hydrogen-bond acceptors (Lipinski definition) is 2. The van der Waals surface area contributed by atoms with Gasteiger partial charge in [-0.25, -0.2) is 0 Å². The molecule has 1 amide bonds. The summed E-state index contributed by atoms with van der Waals surface area (Å²) in [6, 6.07) is 8.28. The molecule has 0 radical (unpaired) electrons. The van der Waals surface area contributed by atoms with Gasteiger partial charge in [-0.15, -0.1) is 0 Å². The quantitative estimate of drug-likeness (QED) is 0.753. The van der Waals surface area contributed by atoms with Crippen molar-refractivity contribution in [2.75, 3.05) is 6.54 Å². The van der Waals surface area contributed by atoms with Gasteiger partial charge in [0.25, 0.3) is 0 Å². The zero-order valence-corrected chi connectivity index (χ0v) is 12.4. The number of aryl methyl sites for hydroxylation is 1. The lowest BCUT2D eigenvalue weighted by Gasteiger charge is -2.14. The number of benzene rings is 1. The molecule has 0 spiro atoms. The summed E-state index contributed by atoms with van der Waals surface area (Å²) in [4.78, 5) is 12.2. The number of thiocarbonyl (C=S) groups is 1. The van der Waals surface area contributed by atoms with Gasteiger partial charge in [0.2, 0.25) is 5.91 Å². The molecule has 0 saturated heterocycles. The van der Waals surface area contributed by atoms with Gasteiger partial charge in [-0.05, 0) is 25.3 Å². The third-order valence-corrected chi connectivity index (χ3v) is 3.32. The Kier molecular flexibility index (Phi) is 6.50. The summed E-state index contributed by atoms with van der Waals surface area (Å²) in [7, 11) is 0. The van der Waals surface area contributed by atoms with Gasteiger partial charge in [0.15, 0.2) is 0 Å². The number of nitrogens with two attached hydrogens (primary N) is 1. The SMILES string of the molecule is CCCC(C(=O)NCCc1cccc(C)c1)C(N)=S. The molecule has 0 saturated carbocycles. The molecule has 1 atom stereocenters. The molecule has 104 valence electrons. The smallest absolute Gasteiger partial charge is 0.229 e. The predicted molar refractivity (Wildman–Crippen MR) is 83.1 cm³/mol. The Morgan fingerprint density at radius 3 is 2.79 bits per heavy atom. The average Bonchev–Trinajstić information content (AvgIpc) is 2.35. The highest BCUT2D eigenvalue weighted by molar-refractivity contribution is 7.80. The van der Waals surface area contributed by atoms with Gasteiger partial charge >= 0.3 is 0 Å². The van der Waals surface area contributed by atoms with Gasteiger partial charge in [-0.3, -0.25) is 4.79 Å². The minimum Gasteiger partial charge on any atom is -0.393 e. The van der Waals surface area contributed by atoms with E-state index < -0.39 is 0 Å². The van der Waals surface area contributed by atoms with Gasteiger partial charge in [0.1, 0.15) is 0 Å². The average molecular weight is 278 g/mol.